The molecular weight excluding hydrogens is 220 g/mol. The standard InChI is InChI=1S/C16H32N2/c1-14-8-10-15(11-9-14)17-12-13-18(2)16-6-4-3-5-7-16/h14-17H,3-13H2,1-2H3. The second-order valence-electron chi connectivity index (χ2n) is 6.68. The van der Waals surface area contributed by atoms with E-state index in [-0.39, 0.29) is 0 Å². The predicted octanol–water partition coefficient (Wildman–Crippen LogP) is 3.42. The van der Waals surface area contributed by atoms with Crippen molar-refractivity contribution in [2.75, 3.05) is 20.1 Å². The van der Waals surface area contributed by atoms with Crippen LogP contribution in [0.4, 0.5) is 0 Å². The smallest absolute Gasteiger partial charge is 0.0107 e. The summed E-state index contributed by atoms with van der Waals surface area (Å²) in [5.41, 5.74) is 0. The Bertz CT molecular complexity index is 215. The Balaban J connectivity index is 1.56. The van der Waals surface area contributed by atoms with E-state index in [9.17, 15) is 0 Å². The van der Waals surface area contributed by atoms with Crippen LogP contribution in [0.1, 0.15) is 64.7 Å². The van der Waals surface area contributed by atoms with Gasteiger partial charge >= 0.3 is 0 Å². The highest BCUT2D eigenvalue weighted by atomic mass is 15.1. The molecule has 0 aromatic carbocycles. The molecule has 0 aromatic rings. The molecule has 0 amide bonds. The second-order valence-corrected chi connectivity index (χ2v) is 6.68. The Morgan fingerprint density at radius 3 is 2.28 bits per heavy atom. The molecule has 0 radical (unpaired) electrons. The van der Waals surface area contributed by atoms with Gasteiger partial charge in [0.25, 0.3) is 0 Å². The molecule has 0 saturated heterocycles. The minimum absolute atomic E-state index is 0.806. The van der Waals surface area contributed by atoms with E-state index in [0.717, 1.165) is 18.0 Å². The summed E-state index contributed by atoms with van der Waals surface area (Å²) in [6, 6.07) is 1.67. The van der Waals surface area contributed by atoms with Crippen molar-refractivity contribution < 1.29 is 0 Å². The Kier molecular flexibility index (Phi) is 5.97. The SMILES string of the molecule is CC1CCC(NCCN(C)C2CCCCC2)CC1. The highest BCUT2D eigenvalue weighted by molar-refractivity contribution is 4.77. The molecule has 0 bridgehead atoms. The van der Waals surface area contributed by atoms with Crippen molar-refractivity contribution in [2.24, 2.45) is 5.92 Å². The van der Waals surface area contributed by atoms with Gasteiger partial charge in [0, 0.05) is 25.2 Å². The van der Waals surface area contributed by atoms with Gasteiger partial charge in [-0.15, -0.1) is 0 Å². The molecule has 0 spiro atoms. The Morgan fingerprint density at radius 2 is 1.61 bits per heavy atom. The highest BCUT2D eigenvalue weighted by Crippen LogP contribution is 2.23. The summed E-state index contributed by atoms with van der Waals surface area (Å²) in [4.78, 5) is 2.59. The quantitative estimate of drug-likeness (QED) is 0.806. The number of hydrogen-bond donors (Lipinski definition) is 1. The van der Waals surface area contributed by atoms with Crippen LogP contribution in [-0.4, -0.2) is 37.1 Å². The monoisotopic (exact) mass is 252 g/mol. The van der Waals surface area contributed by atoms with E-state index in [1.165, 1.54) is 70.9 Å². The summed E-state index contributed by atoms with van der Waals surface area (Å²) in [5, 5.41) is 3.77. The maximum Gasteiger partial charge on any atom is 0.0107 e. The minimum Gasteiger partial charge on any atom is -0.313 e. The summed E-state index contributed by atoms with van der Waals surface area (Å²) in [7, 11) is 2.32. The molecule has 2 nitrogen and oxygen atoms in total. The first-order chi connectivity index (χ1) is 8.75. The second kappa shape index (κ2) is 7.49. The van der Waals surface area contributed by atoms with Crippen molar-refractivity contribution in [1.82, 2.24) is 10.2 Å². The minimum atomic E-state index is 0.806. The van der Waals surface area contributed by atoms with Crippen molar-refractivity contribution in [1.29, 1.82) is 0 Å². The first-order valence-corrected chi connectivity index (χ1v) is 8.19. The molecule has 0 atom stereocenters. The van der Waals surface area contributed by atoms with Crippen LogP contribution in [0.5, 0.6) is 0 Å². The van der Waals surface area contributed by atoms with Gasteiger partial charge in [0.15, 0.2) is 0 Å². The maximum absolute atomic E-state index is 3.77. The molecule has 0 heterocycles. The number of likely N-dealkylation sites (N-methyl/N-ethyl adjacent to an activating group) is 1. The third-order valence-corrected chi connectivity index (χ3v) is 5.11. The summed E-state index contributed by atoms with van der Waals surface area (Å²) >= 11 is 0. The maximum atomic E-state index is 3.77. The van der Waals surface area contributed by atoms with Crippen LogP contribution in [0.25, 0.3) is 0 Å². The van der Waals surface area contributed by atoms with Crippen molar-refractivity contribution in [3.8, 4) is 0 Å². The van der Waals surface area contributed by atoms with Gasteiger partial charge in [-0.2, -0.15) is 0 Å². The molecule has 0 unspecified atom stereocenters. The van der Waals surface area contributed by atoms with Gasteiger partial charge < -0.3 is 10.2 Å². The summed E-state index contributed by atoms with van der Waals surface area (Å²) in [5.74, 6) is 0.966. The van der Waals surface area contributed by atoms with Crippen LogP contribution in [0.3, 0.4) is 0 Å². The van der Waals surface area contributed by atoms with Gasteiger partial charge in [0.1, 0.15) is 0 Å². The van der Waals surface area contributed by atoms with Gasteiger partial charge in [0.2, 0.25) is 0 Å². The van der Waals surface area contributed by atoms with Crippen molar-refractivity contribution >= 4 is 0 Å². The zero-order valence-electron chi connectivity index (χ0n) is 12.5. The van der Waals surface area contributed by atoms with E-state index in [1.54, 1.807) is 0 Å². The zero-order valence-corrected chi connectivity index (χ0v) is 12.5. The van der Waals surface area contributed by atoms with E-state index < -0.39 is 0 Å². The van der Waals surface area contributed by atoms with E-state index in [2.05, 4.69) is 24.2 Å². The van der Waals surface area contributed by atoms with E-state index in [1.807, 2.05) is 0 Å². The predicted molar refractivity (Wildman–Crippen MR) is 78.9 cm³/mol. The molecule has 2 aliphatic rings. The van der Waals surface area contributed by atoms with E-state index in [0.29, 0.717) is 0 Å². The highest BCUT2D eigenvalue weighted by Gasteiger charge is 2.19. The van der Waals surface area contributed by atoms with Crippen LogP contribution in [0.2, 0.25) is 0 Å². The number of nitrogens with zero attached hydrogens (tertiary/aromatic N) is 1. The van der Waals surface area contributed by atoms with Crippen LogP contribution in [-0.2, 0) is 0 Å². The lowest BCUT2D eigenvalue weighted by molar-refractivity contribution is 0.187. The lowest BCUT2D eigenvalue weighted by Crippen LogP contribution is -2.41. The van der Waals surface area contributed by atoms with E-state index in [4.69, 9.17) is 0 Å². The molecule has 0 aromatic heterocycles. The zero-order chi connectivity index (χ0) is 12.8. The number of nitrogens with one attached hydrogen (secondary N) is 1. The third kappa shape index (κ3) is 4.55. The van der Waals surface area contributed by atoms with Crippen LogP contribution in [0, 0.1) is 5.92 Å². The lowest BCUT2D eigenvalue weighted by atomic mass is 9.87. The summed E-state index contributed by atoms with van der Waals surface area (Å²) in [6.45, 7) is 4.82. The van der Waals surface area contributed by atoms with Crippen LogP contribution >= 0.6 is 0 Å². The van der Waals surface area contributed by atoms with Gasteiger partial charge in [-0.3, -0.25) is 0 Å². The largest absolute Gasteiger partial charge is 0.313 e. The van der Waals surface area contributed by atoms with Gasteiger partial charge in [-0.1, -0.05) is 26.2 Å². The molecule has 1 N–H and O–H groups in total. The fraction of sp³-hybridized carbons (Fsp3) is 1.00. The molecule has 18 heavy (non-hydrogen) atoms. The lowest BCUT2D eigenvalue weighted by Gasteiger charge is -2.32. The average molecular weight is 252 g/mol. The third-order valence-electron chi connectivity index (χ3n) is 5.11. The molecule has 106 valence electrons. The van der Waals surface area contributed by atoms with Crippen molar-refractivity contribution in [3.63, 3.8) is 0 Å². The molecule has 2 fully saturated rings. The van der Waals surface area contributed by atoms with Gasteiger partial charge in [-0.05, 0) is 51.5 Å². The normalized spacial score (nSPS) is 30.8. The molecule has 2 saturated carbocycles. The van der Waals surface area contributed by atoms with Gasteiger partial charge in [-0.25, -0.2) is 0 Å². The van der Waals surface area contributed by atoms with Crippen LogP contribution < -0.4 is 5.32 Å². The topological polar surface area (TPSA) is 15.3 Å². The fourth-order valence-electron chi connectivity index (χ4n) is 3.61. The summed E-state index contributed by atoms with van der Waals surface area (Å²) < 4.78 is 0. The Hall–Kier alpha value is -0.0800. The Labute approximate surface area is 114 Å². The Morgan fingerprint density at radius 1 is 0.944 bits per heavy atom. The van der Waals surface area contributed by atoms with Crippen molar-refractivity contribution in [3.05, 3.63) is 0 Å². The molecular formula is C16H32N2. The first kappa shape index (κ1) is 14.3. The number of hydrogen-bond acceptors (Lipinski definition) is 2. The molecule has 2 aliphatic carbocycles. The van der Waals surface area contributed by atoms with Crippen LogP contribution in [0.15, 0.2) is 0 Å². The first-order valence-electron chi connectivity index (χ1n) is 8.19. The average Bonchev–Trinajstić information content (AvgIpc) is 2.42. The number of rotatable bonds is 5. The summed E-state index contributed by atoms with van der Waals surface area (Å²) in [6.07, 6.45) is 12.9. The van der Waals surface area contributed by atoms with Gasteiger partial charge in [0.05, 0.1) is 0 Å². The van der Waals surface area contributed by atoms with E-state index >= 15 is 0 Å². The molecule has 2 rings (SSSR count). The fourth-order valence-corrected chi connectivity index (χ4v) is 3.61. The van der Waals surface area contributed by atoms with Crippen molar-refractivity contribution in [2.45, 2.75) is 76.8 Å². The molecule has 0 aliphatic heterocycles. The molecule has 2 heteroatoms.